The number of carbonyl (C=O) groups is 4. The van der Waals surface area contributed by atoms with Crippen LogP contribution in [0, 0.1) is 0 Å². The maximum absolute atomic E-state index is 12.7. The van der Waals surface area contributed by atoms with Gasteiger partial charge >= 0.3 is 23.9 Å². The van der Waals surface area contributed by atoms with E-state index in [1.165, 1.54) is 34.5 Å². The van der Waals surface area contributed by atoms with Crippen LogP contribution in [0.3, 0.4) is 0 Å². The molecule has 0 fully saturated rings. The zero-order valence-corrected chi connectivity index (χ0v) is 20.4. The molecule has 190 valence electrons. The van der Waals surface area contributed by atoms with Gasteiger partial charge in [0.1, 0.15) is 0 Å². The van der Waals surface area contributed by atoms with Gasteiger partial charge in [0.25, 0.3) is 0 Å². The molecule has 0 saturated carbocycles. The average molecular weight is 492 g/mol. The molecule has 0 unspecified atom stereocenters. The third-order valence-corrected chi connectivity index (χ3v) is 4.86. The zero-order valence-electron chi connectivity index (χ0n) is 20.4. The topological polar surface area (TPSA) is 152 Å². The summed E-state index contributed by atoms with van der Waals surface area (Å²) in [6.07, 6.45) is 0.797. The lowest BCUT2D eigenvalue weighted by Crippen LogP contribution is -2.15. The van der Waals surface area contributed by atoms with Crippen molar-refractivity contribution in [1.82, 2.24) is 4.98 Å². The number of aromatic amines is 1. The molecule has 1 aliphatic rings. The van der Waals surface area contributed by atoms with Gasteiger partial charge in [-0.1, -0.05) is 0 Å². The van der Waals surface area contributed by atoms with E-state index in [0.29, 0.717) is 0 Å². The number of aliphatic imine (C=N–C) groups is 1. The number of aromatic nitrogens is 1. The fourth-order valence-corrected chi connectivity index (χ4v) is 3.33. The molecule has 0 amide bonds. The van der Waals surface area contributed by atoms with Crippen molar-refractivity contribution in [1.29, 1.82) is 0 Å². The summed E-state index contributed by atoms with van der Waals surface area (Å²) in [4.78, 5) is 56.7. The zero-order chi connectivity index (χ0) is 26.1. The van der Waals surface area contributed by atoms with Crippen LogP contribution in [0.15, 0.2) is 21.8 Å². The van der Waals surface area contributed by atoms with Crippen molar-refractivity contribution in [3.63, 3.8) is 0 Å². The van der Waals surface area contributed by atoms with E-state index in [0.717, 1.165) is 0 Å². The van der Waals surface area contributed by atoms with Crippen molar-refractivity contribution in [3.05, 3.63) is 33.7 Å². The molecule has 0 radical (unpaired) electrons. The van der Waals surface area contributed by atoms with Crippen LogP contribution in [0.5, 0.6) is 5.88 Å². The number of rotatable bonds is 10. The molecule has 12 heteroatoms. The Kier molecular flexibility index (Phi) is 9.62. The number of methoxy groups -OCH3 is 4. The largest absolute Gasteiger partial charge is 0.479 e. The molecular formula is C23H28N2O10. The van der Waals surface area contributed by atoms with Crippen LogP contribution >= 0.6 is 0 Å². The van der Waals surface area contributed by atoms with Crippen LogP contribution in [0.2, 0.25) is 0 Å². The summed E-state index contributed by atoms with van der Waals surface area (Å²) in [5, 5.41) is 0. The standard InChI is InChI=1S/C23H28N2O10/c1-7-34-20-12(9-16(26)30-3)18(22(28)32-5)14(24-20)11-15-19(23(29)33-6)13(10-17(27)31-4)21(25-15)35-8-2/h11,24H,7-10H2,1-6H3/b15-11-. The molecule has 0 bridgehead atoms. The monoisotopic (exact) mass is 492 g/mol. The summed E-state index contributed by atoms with van der Waals surface area (Å²) in [5.41, 5.74) is 0.533. The number of carbonyl (C=O) groups excluding carboxylic acids is 4. The Morgan fingerprint density at radius 1 is 0.829 bits per heavy atom. The Morgan fingerprint density at radius 3 is 1.97 bits per heavy atom. The Labute approximate surface area is 201 Å². The van der Waals surface area contributed by atoms with Gasteiger partial charge < -0.3 is 33.4 Å². The predicted octanol–water partition coefficient (Wildman–Crippen LogP) is 1.74. The molecule has 0 aromatic carbocycles. The van der Waals surface area contributed by atoms with Gasteiger partial charge in [-0.2, -0.15) is 0 Å². The van der Waals surface area contributed by atoms with E-state index in [-0.39, 0.29) is 71.5 Å². The highest BCUT2D eigenvalue weighted by atomic mass is 16.5. The van der Waals surface area contributed by atoms with E-state index >= 15 is 0 Å². The minimum absolute atomic E-state index is 0.00681. The third kappa shape index (κ3) is 6.08. The first-order valence-corrected chi connectivity index (χ1v) is 10.6. The lowest BCUT2D eigenvalue weighted by molar-refractivity contribution is -0.140. The first-order valence-electron chi connectivity index (χ1n) is 10.6. The van der Waals surface area contributed by atoms with Crippen molar-refractivity contribution in [2.45, 2.75) is 26.7 Å². The molecule has 1 aromatic rings. The molecule has 0 aliphatic carbocycles. The highest BCUT2D eigenvalue weighted by Crippen LogP contribution is 2.34. The quantitative estimate of drug-likeness (QED) is 0.378. The number of nitrogens with zero attached hydrogens (tertiary/aromatic N) is 1. The summed E-state index contributed by atoms with van der Waals surface area (Å²) in [7, 11) is 4.79. The first kappa shape index (κ1) is 27.2. The molecule has 1 aromatic heterocycles. The molecule has 2 rings (SSSR count). The van der Waals surface area contributed by atoms with Gasteiger partial charge in [0.05, 0.1) is 77.0 Å². The van der Waals surface area contributed by atoms with Crippen LogP contribution in [0.4, 0.5) is 0 Å². The van der Waals surface area contributed by atoms with Crippen molar-refractivity contribution in [2.24, 2.45) is 4.99 Å². The number of esters is 4. The molecule has 1 aliphatic heterocycles. The van der Waals surface area contributed by atoms with Gasteiger partial charge in [-0.25, -0.2) is 14.6 Å². The molecular weight excluding hydrogens is 464 g/mol. The lowest BCUT2D eigenvalue weighted by Gasteiger charge is -2.08. The van der Waals surface area contributed by atoms with Gasteiger partial charge in [0.2, 0.25) is 5.90 Å². The fraction of sp³-hybridized carbons (Fsp3) is 0.435. The highest BCUT2D eigenvalue weighted by molar-refractivity contribution is 6.13. The minimum Gasteiger partial charge on any atom is -0.479 e. The smallest absolute Gasteiger partial charge is 0.340 e. The normalized spacial score (nSPS) is 13.9. The number of nitrogens with one attached hydrogen (secondary N) is 1. The SMILES string of the molecule is CCOC1=N/C(=C\c2[nH]c(OCC)c(CC(=O)OC)c2C(=O)OC)C(C(=O)OC)=C1CC(=O)OC. The second-order valence-electron chi connectivity index (χ2n) is 6.88. The van der Waals surface area contributed by atoms with Gasteiger partial charge in [-0.05, 0) is 19.9 Å². The van der Waals surface area contributed by atoms with Crippen molar-refractivity contribution in [2.75, 3.05) is 41.7 Å². The third-order valence-electron chi connectivity index (χ3n) is 4.86. The molecule has 12 nitrogen and oxygen atoms in total. The number of hydrogen-bond donors (Lipinski definition) is 1. The summed E-state index contributed by atoms with van der Waals surface area (Å²) >= 11 is 0. The Hall–Kier alpha value is -4.09. The Balaban J connectivity index is 2.80. The van der Waals surface area contributed by atoms with Crippen molar-refractivity contribution >= 4 is 35.9 Å². The first-order chi connectivity index (χ1) is 16.8. The number of H-pyrrole nitrogens is 1. The Morgan fingerprint density at radius 2 is 1.43 bits per heavy atom. The van der Waals surface area contributed by atoms with E-state index in [2.05, 4.69) is 9.98 Å². The number of ether oxygens (including phenoxy) is 6. The molecule has 0 atom stereocenters. The summed E-state index contributed by atoms with van der Waals surface area (Å²) in [6.45, 7) is 3.88. The van der Waals surface area contributed by atoms with Crippen LogP contribution in [-0.4, -0.2) is 76.4 Å². The van der Waals surface area contributed by atoms with E-state index in [1.807, 2.05) is 0 Å². The second-order valence-corrected chi connectivity index (χ2v) is 6.88. The minimum atomic E-state index is -0.778. The van der Waals surface area contributed by atoms with Crippen LogP contribution in [-0.2, 0) is 44.5 Å². The second kappa shape index (κ2) is 12.4. The average Bonchev–Trinajstić information content (AvgIpc) is 3.35. The molecule has 35 heavy (non-hydrogen) atoms. The van der Waals surface area contributed by atoms with Gasteiger partial charge in [0, 0.05) is 11.1 Å². The maximum atomic E-state index is 12.7. The van der Waals surface area contributed by atoms with Gasteiger partial charge in [-0.3, -0.25) is 9.59 Å². The van der Waals surface area contributed by atoms with Crippen LogP contribution in [0.1, 0.15) is 41.9 Å². The highest BCUT2D eigenvalue weighted by Gasteiger charge is 2.34. The summed E-state index contributed by atoms with van der Waals surface area (Å²) in [5.74, 6) is -2.58. The summed E-state index contributed by atoms with van der Waals surface area (Å²) in [6, 6.07) is 0. The number of hydrogen-bond acceptors (Lipinski definition) is 11. The van der Waals surface area contributed by atoms with Crippen molar-refractivity contribution < 1.29 is 47.6 Å². The van der Waals surface area contributed by atoms with E-state index in [1.54, 1.807) is 13.8 Å². The Bertz CT molecular complexity index is 1090. The van der Waals surface area contributed by atoms with Crippen LogP contribution in [0.25, 0.3) is 6.08 Å². The molecule has 0 spiro atoms. The van der Waals surface area contributed by atoms with Gasteiger partial charge in [0.15, 0.2) is 5.88 Å². The predicted molar refractivity (Wildman–Crippen MR) is 122 cm³/mol. The fourth-order valence-electron chi connectivity index (χ4n) is 3.33. The van der Waals surface area contributed by atoms with Crippen LogP contribution < -0.4 is 4.74 Å². The van der Waals surface area contributed by atoms with E-state index < -0.39 is 23.9 Å². The lowest BCUT2D eigenvalue weighted by atomic mass is 10.0. The summed E-state index contributed by atoms with van der Waals surface area (Å²) < 4.78 is 30.4. The van der Waals surface area contributed by atoms with E-state index in [4.69, 9.17) is 28.4 Å². The maximum Gasteiger partial charge on any atom is 0.340 e. The van der Waals surface area contributed by atoms with E-state index in [9.17, 15) is 19.2 Å². The molecule has 1 N–H and O–H groups in total. The van der Waals surface area contributed by atoms with Crippen molar-refractivity contribution in [3.8, 4) is 5.88 Å². The van der Waals surface area contributed by atoms with Gasteiger partial charge in [-0.15, -0.1) is 0 Å². The molecule has 2 heterocycles. The molecule has 0 saturated heterocycles.